The van der Waals surface area contributed by atoms with Gasteiger partial charge in [-0.05, 0) is 42.6 Å². The number of hydrogen-bond acceptors (Lipinski definition) is 3. The molecule has 2 saturated carbocycles. The third-order valence-corrected chi connectivity index (χ3v) is 4.60. The Morgan fingerprint density at radius 1 is 1.30 bits per heavy atom. The molecule has 1 aromatic carbocycles. The van der Waals surface area contributed by atoms with Crippen LogP contribution in [0.15, 0.2) is 35.4 Å². The largest absolute Gasteiger partial charge is 0.378 e. The molecule has 2 aliphatic rings. The fraction of sp³-hybridized carbons (Fsp3) is 0.500. The van der Waals surface area contributed by atoms with Crippen molar-refractivity contribution in [3.63, 3.8) is 0 Å². The Kier molecular flexibility index (Phi) is 3.83. The number of aliphatic hydroxyl groups excluding tert-OH is 1. The second-order valence-electron chi connectivity index (χ2n) is 5.91. The molecule has 2 fully saturated rings. The maximum Gasteiger partial charge on any atom is 0.273 e. The molecule has 0 radical (unpaired) electrons. The minimum absolute atomic E-state index is 0.476. The summed E-state index contributed by atoms with van der Waals surface area (Å²) in [6.45, 7) is 0. The highest BCUT2D eigenvalue weighted by Crippen LogP contribution is 2.47. The van der Waals surface area contributed by atoms with Crippen LogP contribution in [0.4, 0.5) is 0 Å². The Balaban J connectivity index is 1.52. The van der Waals surface area contributed by atoms with Crippen LogP contribution < -0.4 is 5.43 Å². The molecule has 4 atom stereocenters. The average Bonchev–Trinajstić information content (AvgIpc) is 3.10. The third kappa shape index (κ3) is 2.75. The van der Waals surface area contributed by atoms with Gasteiger partial charge >= 0.3 is 0 Å². The summed E-state index contributed by atoms with van der Waals surface area (Å²) in [5.41, 5.74) is 3.03. The lowest BCUT2D eigenvalue weighted by Gasteiger charge is -2.16. The summed E-state index contributed by atoms with van der Waals surface area (Å²) in [4.78, 5) is 11.8. The molecule has 2 aliphatic carbocycles. The third-order valence-electron chi connectivity index (χ3n) is 4.60. The van der Waals surface area contributed by atoms with E-state index in [-0.39, 0.29) is 0 Å². The molecule has 1 aromatic rings. The lowest BCUT2D eigenvalue weighted by molar-refractivity contribution is -0.129. The van der Waals surface area contributed by atoms with Crippen LogP contribution >= 0.6 is 0 Å². The van der Waals surface area contributed by atoms with Crippen LogP contribution in [0.3, 0.4) is 0 Å². The molecule has 0 aliphatic heterocycles. The summed E-state index contributed by atoms with van der Waals surface area (Å²) in [5.74, 6) is 1.64. The van der Waals surface area contributed by atoms with E-state index in [0.717, 1.165) is 11.8 Å². The van der Waals surface area contributed by atoms with Crippen LogP contribution in [0, 0.1) is 17.8 Å². The van der Waals surface area contributed by atoms with Gasteiger partial charge in [-0.3, -0.25) is 4.79 Å². The van der Waals surface area contributed by atoms with Gasteiger partial charge in [0, 0.05) is 6.21 Å². The highest BCUT2D eigenvalue weighted by molar-refractivity contribution is 5.82. The standard InChI is InChI=1S/C16H20N2O2/c19-15(12-4-2-1-3-5-12)16(20)18-17-10-14-9-11-6-7-13(14)8-11/h1-5,10-11,13-15,19H,6-9H2,(H,18,20)/b17-10+. The number of aliphatic hydroxyl groups is 1. The molecule has 0 heterocycles. The Bertz CT molecular complexity index is 500. The number of fused-ring (bicyclic) bond motifs is 2. The molecule has 4 nitrogen and oxygen atoms in total. The second-order valence-corrected chi connectivity index (χ2v) is 5.91. The lowest BCUT2D eigenvalue weighted by atomic mass is 9.90. The molecule has 0 saturated heterocycles. The van der Waals surface area contributed by atoms with Gasteiger partial charge in [0.1, 0.15) is 0 Å². The summed E-state index contributed by atoms with van der Waals surface area (Å²) in [6, 6.07) is 8.89. The number of carbonyl (C=O) groups is 1. The van der Waals surface area contributed by atoms with E-state index >= 15 is 0 Å². The van der Waals surface area contributed by atoms with Crippen LogP contribution in [0.5, 0.6) is 0 Å². The molecule has 3 rings (SSSR count). The number of rotatable bonds is 4. The Hall–Kier alpha value is -1.68. The molecule has 106 valence electrons. The van der Waals surface area contributed by atoms with E-state index in [0.29, 0.717) is 11.5 Å². The number of amides is 1. The van der Waals surface area contributed by atoms with Crippen molar-refractivity contribution in [3.05, 3.63) is 35.9 Å². The van der Waals surface area contributed by atoms with E-state index in [4.69, 9.17) is 0 Å². The normalized spacial score (nSPS) is 29.8. The van der Waals surface area contributed by atoms with Crippen LogP contribution in [-0.2, 0) is 4.79 Å². The van der Waals surface area contributed by atoms with Crippen molar-refractivity contribution in [2.75, 3.05) is 0 Å². The van der Waals surface area contributed by atoms with Crippen LogP contribution in [0.25, 0.3) is 0 Å². The summed E-state index contributed by atoms with van der Waals surface area (Å²) in [7, 11) is 0. The van der Waals surface area contributed by atoms with Gasteiger partial charge in [0.15, 0.2) is 6.10 Å². The van der Waals surface area contributed by atoms with Crippen LogP contribution in [-0.4, -0.2) is 17.2 Å². The first-order valence-corrected chi connectivity index (χ1v) is 7.30. The molecule has 1 amide bonds. The number of carbonyl (C=O) groups excluding carboxylic acids is 1. The molecule has 2 bridgehead atoms. The summed E-state index contributed by atoms with van der Waals surface area (Å²) in [5, 5.41) is 13.9. The zero-order valence-electron chi connectivity index (χ0n) is 11.4. The van der Waals surface area contributed by atoms with E-state index in [1.54, 1.807) is 24.3 Å². The minimum Gasteiger partial charge on any atom is -0.378 e. The maximum atomic E-state index is 11.8. The molecular formula is C16H20N2O2. The van der Waals surface area contributed by atoms with Crippen LogP contribution in [0.2, 0.25) is 0 Å². The van der Waals surface area contributed by atoms with Crippen molar-refractivity contribution in [1.82, 2.24) is 5.43 Å². The zero-order chi connectivity index (χ0) is 13.9. The van der Waals surface area contributed by atoms with E-state index in [1.807, 2.05) is 12.3 Å². The first-order chi connectivity index (χ1) is 9.74. The maximum absolute atomic E-state index is 11.8. The first-order valence-electron chi connectivity index (χ1n) is 7.30. The summed E-state index contributed by atoms with van der Waals surface area (Å²) in [6.07, 6.45) is 5.87. The van der Waals surface area contributed by atoms with Crippen molar-refractivity contribution < 1.29 is 9.90 Å². The van der Waals surface area contributed by atoms with Crippen molar-refractivity contribution in [2.45, 2.75) is 31.8 Å². The fourth-order valence-corrected chi connectivity index (χ4v) is 3.52. The van der Waals surface area contributed by atoms with Gasteiger partial charge in [0.2, 0.25) is 0 Å². The van der Waals surface area contributed by atoms with Crippen molar-refractivity contribution in [3.8, 4) is 0 Å². The molecule has 4 unspecified atom stereocenters. The predicted molar refractivity (Wildman–Crippen MR) is 77.0 cm³/mol. The number of benzene rings is 1. The average molecular weight is 272 g/mol. The summed E-state index contributed by atoms with van der Waals surface area (Å²) < 4.78 is 0. The predicted octanol–water partition coefficient (Wildman–Crippen LogP) is 2.26. The Labute approximate surface area is 118 Å². The number of hydrazone groups is 1. The topological polar surface area (TPSA) is 61.7 Å². The molecular weight excluding hydrogens is 252 g/mol. The Morgan fingerprint density at radius 2 is 2.10 bits per heavy atom. The smallest absolute Gasteiger partial charge is 0.273 e. The minimum atomic E-state index is -1.16. The van der Waals surface area contributed by atoms with Gasteiger partial charge in [0.25, 0.3) is 5.91 Å². The second kappa shape index (κ2) is 5.75. The molecule has 0 spiro atoms. The molecule has 4 heteroatoms. The summed E-state index contributed by atoms with van der Waals surface area (Å²) >= 11 is 0. The molecule has 0 aromatic heterocycles. The Morgan fingerprint density at radius 3 is 2.75 bits per heavy atom. The van der Waals surface area contributed by atoms with Gasteiger partial charge in [-0.15, -0.1) is 0 Å². The fourth-order valence-electron chi connectivity index (χ4n) is 3.52. The van der Waals surface area contributed by atoms with Crippen molar-refractivity contribution in [2.24, 2.45) is 22.9 Å². The van der Waals surface area contributed by atoms with Gasteiger partial charge in [-0.1, -0.05) is 36.8 Å². The number of hydrogen-bond donors (Lipinski definition) is 2. The van der Waals surface area contributed by atoms with Gasteiger partial charge in [-0.2, -0.15) is 5.10 Å². The first kappa shape index (κ1) is 13.3. The monoisotopic (exact) mass is 272 g/mol. The molecule has 2 N–H and O–H groups in total. The van der Waals surface area contributed by atoms with Crippen molar-refractivity contribution >= 4 is 12.1 Å². The molecule has 20 heavy (non-hydrogen) atoms. The lowest BCUT2D eigenvalue weighted by Crippen LogP contribution is -2.26. The number of nitrogens with zero attached hydrogens (tertiary/aromatic N) is 1. The van der Waals surface area contributed by atoms with E-state index in [1.165, 1.54) is 25.7 Å². The van der Waals surface area contributed by atoms with Gasteiger partial charge < -0.3 is 5.11 Å². The highest BCUT2D eigenvalue weighted by Gasteiger charge is 2.38. The van der Waals surface area contributed by atoms with Crippen LogP contribution in [0.1, 0.15) is 37.4 Å². The quantitative estimate of drug-likeness (QED) is 0.652. The highest BCUT2D eigenvalue weighted by atomic mass is 16.3. The van der Waals surface area contributed by atoms with E-state index in [9.17, 15) is 9.90 Å². The zero-order valence-corrected chi connectivity index (χ0v) is 11.4. The van der Waals surface area contributed by atoms with Gasteiger partial charge in [-0.25, -0.2) is 5.43 Å². The van der Waals surface area contributed by atoms with E-state index in [2.05, 4.69) is 10.5 Å². The number of nitrogens with one attached hydrogen (secondary N) is 1. The van der Waals surface area contributed by atoms with Crippen molar-refractivity contribution in [1.29, 1.82) is 0 Å². The SMILES string of the molecule is O=C(N/N=C/C1CC2CCC1C2)C(O)c1ccccc1. The van der Waals surface area contributed by atoms with Gasteiger partial charge in [0.05, 0.1) is 0 Å². The van der Waals surface area contributed by atoms with E-state index < -0.39 is 12.0 Å².